The molecule has 0 spiro atoms. The highest BCUT2D eigenvalue weighted by Crippen LogP contribution is 2.40. The number of nitrogens with zero attached hydrogens (tertiary/aromatic N) is 3. The van der Waals surface area contributed by atoms with E-state index in [0.717, 1.165) is 71.3 Å². The lowest BCUT2D eigenvalue weighted by molar-refractivity contribution is 0.633. The molecule has 0 atom stereocenters. The van der Waals surface area contributed by atoms with Crippen LogP contribution in [0.5, 0.6) is 0 Å². The fraction of sp³-hybridized carbons (Fsp3) is 0. The van der Waals surface area contributed by atoms with E-state index < -0.39 is 0 Å². The maximum absolute atomic E-state index is 6.40. The number of hydrogen-bond donors (Lipinski definition) is 0. The zero-order valence-corrected chi connectivity index (χ0v) is 16.2. The van der Waals surface area contributed by atoms with Gasteiger partial charge in [0.25, 0.3) is 0 Å². The highest BCUT2D eigenvalue weighted by atomic mass is 16.4. The molecule has 144 valence electrons. The monoisotopic (exact) mass is 399 g/mol. The Labute approximate surface area is 174 Å². The number of imidazole rings is 1. The van der Waals surface area contributed by atoms with Gasteiger partial charge in [-0.25, -0.2) is 4.98 Å². The van der Waals surface area contributed by atoms with E-state index in [4.69, 9.17) is 8.83 Å². The highest BCUT2D eigenvalue weighted by molar-refractivity contribution is 6.21. The number of aromatic nitrogens is 3. The molecule has 5 nitrogen and oxygen atoms in total. The smallest absolute Gasteiger partial charge is 0.178 e. The van der Waals surface area contributed by atoms with Crippen LogP contribution in [0.3, 0.4) is 0 Å². The van der Waals surface area contributed by atoms with Gasteiger partial charge in [-0.1, -0.05) is 18.2 Å². The van der Waals surface area contributed by atoms with Crippen molar-refractivity contribution in [3.05, 3.63) is 79.3 Å². The zero-order valence-electron chi connectivity index (χ0n) is 16.2. The minimum atomic E-state index is 0.776. The van der Waals surface area contributed by atoms with Crippen LogP contribution in [-0.2, 0) is 0 Å². The van der Waals surface area contributed by atoms with E-state index in [-0.39, 0.29) is 0 Å². The third kappa shape index (κ3) is 1.82. The van der Waals surface area contributed by atoms with Crippen LogP contribution in [0, 0.1) is 0 Å². The van der Waals surface area contributed by atoms with Crippen molar-refractivity contribution >= 4 is 71.3 Å². The Balaban J connectivity index is 1.61. The first kappa shape index (κ1) is 15.5. The standard InChI is InChI=1S/C26H13N3O2/c1-2-6-21-14(4-1)15-7-8-16-18-12-20-19(13-22(18)31-25(16)24(15)30-21)23-17(5-3-9-27-23)26-28-10-11-29(20)26/h1-13H. The summed E-state index contributed by atoms with van der Waals surface area (Å²) in [7, 11) is 0. The summed E-state index contributed by atoms with van der Waals surface area (Å²) < 4.78 is 14.7. The van der Waals surface area contributed by atoms with Gasteiger partial charge in [0.15, 0.2) is 11.2 Å². The summed E-state index contributed by atoms with van der Waals surface area (Å²) in [6.45, 7) is 0. The molecule has 3 aromatic carbocycles. The number of pyridine rings is 2. The lowest BCUT2D eigenvalue weighted by Gasteiger charge is -2.07. The van der Waals surface area contributed by atoms with Gasteiger partial charge in [0, 0.05) is 50.9 Å². The summed E-state index contributed by atoms with van der Waals surface area (Å²) in [5.41, 5.74) is 6.13. The molecule has 0 saturated heterocycles. The van der Waals surface area contributed by atoms with Gasteiger partial charge in [0.1, 0.15) is 16.8 Å². The van der Waals surface area contributed by atoms with Crippen LogP contribution in [0.15, 0.2) is 88.1 Å². The molecule has 5 heterocycles. The van der Waals surface area contributed by atoms with E-state index in [1.54, 1.807) is 0 Å². The summed E-state index contributed by atoms with van der Waals surface area (Å²) >= 11 is 0. The number of para-hydroxylation sites is 1. The van der Waals surface area contributed by atoms with Crippen molar-refractivity contribution in [2.45, 2.75) is 0 Å². The minimum absolute atomic E-state index is 0.776. The summed E-state index contributed by atoms with van der Waals surface area (Å²) in [5, 5.41) is 6.31. The molecule has 0 aliphatic rings. The topological polar surface area (TPSA) is 56.5 Å². The van der Waals surface area contributed by atoms with Crippen molar-refractivity contribution in [3.8, 4) is 0 Å². The Hall–Kier alpha value is -4.38. The molecule has 0 unspecified atom stereocenters. The molecule has 31 heavy (non-hydrogen) atoms. The van der Waals surface area contributed by atoms with E-state index in [2.05, 4.69) is 50.8 Å². The van der Waals surface area contributed by atoms with Gasteiger partial charge in [0.2, 0.25) is 0 Å². The quantitative estimate of drug-likeness (QED) is 0.262. The molecule has 0 aliphatic heterocycles. The molecule has 0 amide bonds. The largest absolute Gasteiger partial charge is 0.452 e. The second-order valence-corrected chi connectivity index (χ2v) is 7.91. The van der Waals surface area contributed by atoms with Crippen LogP contribution in [-0.4, -0.2) is 14.4 Å². The van der Waals surface area contributed by atoms with Gasteiger partial charge in [-0.05, 0) is 42.5 Å². The first-order valence-corrected chi connectivity index (χ1v) is 10.2. The van der Waals surface area contributed by atoms with E-state index in [0.29, 0.717) is 0 Å². The molecule has 0 radical (unpaired) electrons. The van der Waals surface area contributed by atoms with E-state index in [9.17, 15) is 0 Å². The van der Waals surface area contributed by atoms with Gasteiger partial charge in [-0.15, -0.1) is 0 Å². The van der Waals surface area contributed by atoms with Crippen molar-refractivity contribution in [2.75, 3.05) is 0 Å². The number of rotatable bonds is 0. The van der Waals surface area contributed by atoms with Crippen LogP contribution >= 0.6 is 0 Å². The lowest BCUT2D eigenvalue weighted by Crippen LogP contribution is -1.91. The van der Waals surface area contributed by atoms with Crippen molar-refractivity contribution in [1.29, 1.82) is 0 Å². The minimum Gasteiger partial charge on any atom is -0.452 e. The highest BCUT2D eigenvalue weighted by Gasteiger charge is 2.18. The molecule has 8 rings (SSSR count). The Bertz CT molecular complexity index is 2010. The SMILES string of the molecule is c1ccc2c(c1)oc1c2ccc2c3cc4c(cc3oc21)c1ncccc1c1nccn41. The zero-order chi connectivity index (χ0) is 20.1. The van der Waals surface area contributed by atoms with Gasteiger partial charge in [0.05, 0.1) is 11.0 Å². The molecule has 0 N–H and O–H groups in total. The number of benzene rings is 3. The molecule has 0 aliphatic carbocycles. The third-order valence-corrected chi connectivity index (χ3v) is 6.31. The molecule has 5 heteroatoms. The Morgan fingerprint density at radius 1 is 0.613 bits per heavy atom. The average molecular weight is 399 g/mol. The van der Waals surface area contributed by atoms with Gasteiger partial charge < -0.3 is 8.83 Å². The van der Waals surface area contributed by atoms with Crippen molar-refractivity contribution in [2.24, 2.45) is 0 Å². The average Bonchev–Trinajstić information content (AvgIpc) is 3.53. The van der Waals surface area contributed by atoms with Crippen molar-refractivity contribution in [3.63, 3.8) is 0 Å². The van der Waals surface area contributed by atoms with Crippen molar-refractivity contribution < 1.29 is 8.83 Å². The summed E-state index contributed by atoms with van der Waals surface area (Å²) in [6.07, 6.45) is 5.65. The lowest BCUT2D eigenvalue weighted by atomic mass is 10.1. The molecular weight excluding hydrogens is 386 g/mol. The van der Waals surface area contributed by atoms with Crippen molar-refractivity contribution in [1.82, 2.24) is 14.4 Å². The predicted octanol–water partition coefficient (Wildman–Crippen LogP) is 6.83. The normalized spacial score (nSPS) is 12.5. The second-order valence-electron chi connectivity index (χ2n) is 7.91. The summed E-state index contributed by atoms with van der Waals surface area (Å²) in [4.78, 5) is 9.24. The molecule has 0 fully saturated rings. The van der Waals surface area contributed by atoms with E-state index in [1.165, 1.54) is 0 Å². The second kappa shape index (κ2) is 5.21. The summed E-state index contributed by atoms with van der Waals surface area (Å²) in [5.74, 6) is 0. The van der Waals surface area contributed by atoms with Crippen LogP contribution in [0.4, 0.5) is 0 Å². The third-order valence-electron chi connectivity index (χ3n) is 6.31. The predicted molar refractivity (Wildman–Crippen MR) is 123 cm³/mol. The molecule has 5 aromatic heterocycles. The fourth-order valence-electron chi connectivity index (χ4n) is 4.94. The van der Waals surface area contributed by atoms with Gasteiger partial charge in [-0.3, -0.25) is 9.38 Å². The molecule has 0 saturated carbocycles. The van der Waals surface area contributed by atoms with E-state index in [1.807, 2.05) is 42.9 Å². The first-order chi connectivity index (χ1) is 15.4. The Kier molecular flexibility index (Phi) is 2.60. The van der Waals surface area contributed by atoms with Crippen LogP contribution in [0.1, 0.15) is 0 Å². The Morgan fingerprint density at radius 2 is 1.42 bits per heavy atom. The molecule has 8 aromatic rings. The molecular formula is C26H13N3O2. The maximum Gasteiger partial charge on any atom is 0.178 e. The fourth-order valence-corrected chi connectivity index (χ4v) is 4.94. The maximum atomic E-state index is 6.40. The number of fused-ring (bicyclic) bond motifs is 13. The summed E-state index contributed by atoms with van der Waals surface area (Å²) in [6, 6.07) is 20.6. The molecule has 0 bridgehead atoms. The van der Waals surface area contributed by atoms with Crippen LogP contribution in [0.2, 0.25) is 0 Å². The Morgan fingerprint density at radius 3 is 2.35 bits per heavy atom. The number of hydrogen-bond acceptors (Lipinski definition) is 4. The van der Waals surface area contributed by atoms with Crippen LogP contribution < -0.4 is 0 Å². The number of furan rings is 2. The first-order valence-electron chi connectivity index (χ1n) is 10.2. The van der Waals surface area contributed by atoms with Gasteiger partial charge in [-0.2, -0.15) is 0 Å². The van der Waals surface area contributed by atoms with E-state index >= 15 is 0 Å². The van der Waals surface area contributed by atoms with Gasteiger partial charge >= 0.3 is 0 Å². The van der Waals surface area contributed by atoms with Crippen LogP contribution in [0.25, 0.3) is 71.3 Å².